The van der Waals surface area contributed by atoms with Crippen LogP contribution in [0.2, 0.25) is 10.0 Å². The normalized spacial score (nSPS) is 16.4. The van der Waals surface area contributed by atoms with Crippen molar-refractivity contribution < 1.29 is 4.39 Å². The van der Waals surface area contributed by atoms with Gasteiger partial charge in [0.05, 0.1) is 21.8 Å². The molecule has 2 aromatic rings. The molecule has 5 heteroatoms. The van der Waals surface area contributed by atoms with E-state index in [1.165, 1.54) is 29.9 Å². The maximum Gasteiger partial charge on any atom is 0.126 e. The van der Waals surface area contributed by atoms with Gasteiger partial charge in [0.15, 0.2) is 0 Å². The van der Waals surface area contributed by atoms with Gasteiger partial charge in [-0.2, -0.15) is 0 Å². The fraction of sp³-hybridized carbons (Fsp3) is 0.286. The van der Waals surface area contributed by atoms with Crippen LogP contribution in [0.1, 0.15) is 23.8 Å². The Morgan fingerprint density at radius 3 is 2.47 bits per heavy atom. The summed E-state index contributed by atoms with van der Waals surface area (Å²) in [4.78, 5) is 1.26. The molecule has 1 aromatic heterocycles. The van der Waals surface area contributed by atoms with E-state index >= 15 is 0 Å². The first-order valence-corrected chi connectivity index (χ1v) is 7.73. The summed E-state index contributed by atoms with van der Waals surface area (Å²) < 4.78 is 13.2. The van der Waals surface area contributed by atoms with Crippen LogP contribution >= 0.6 is 34.5 Å². The van der Waals surface area contributed by atoms with E-state index in [0.717, 1.165) is 0 Å². The Hall–Kier alpha value is -0.770. The van der Waals surface area contributed by atoms with Crippen LogP contribution in [0.4, 0.5) is 10.1 Å². The molecule has 1 unspecified atom stereocenters. The van der Waals surface area contributed by atoms with E-state index in [2.05, 4.69) is 16.8 Å². The van der Waals surface area contributed by atoms with E-state index in [1.54, 1.807) is 11.3 Å². The lowest BCUT2D eigenvalue weighted by Crippen LogP contribution is -2.12. The molecule has 1 atom stereocenters. The minimum absolute atomic E-state index is 0.209. The first kappa shape index (κ1) is 13.2. The van der Waals surface area contributed by atoms with Gasteiger partial charge in [-0.1, -0.05) is 29.3 Å². The van der Waals surface area contributed by atoms with E-state index in [0.29, 0.717) is 21.7 Å². The molecule has 0 radical (unpaired) electrons. The van der Waals surface area contributed by atoms with Gasteiger partial charge in [0.25, 0.3) is 0 Å². The predicted octanol–water partition coefficient (Wildman–Crippen LogP) is 5.76. The quantitative estimate of drug-likeness (QED) is 0.756. The molecule has 1 aliphatic rings. The Labute approximate surface area is 125 Å². The molecule has 1 fully saturated rings. The molecule has 1 aliphatic carbocycles. The molecule has 100 valence electrons. The maximum atomic E-state index is 13.2. The highest BCUT2D eigenvalue weighted by molar-refractivity contribution is 7.10. The Morgan fingerprint density at radius 1 is 1.26 bits per heavy atom. The zero-order valence-corrected chi connectivity index (χ0v) is 12.3. The molecule has 19 heavy (non-hydrogen) atoms. The first-order valence-electron chi connectivity index (χ1n) is 6.09. The van der Waals surface area contributed by atoms with Crippen LogP contribution in [-0.2, 0) is 0 Å². The summed E-state index contributed by atoms with van der Waals surface area (Å²) in [6, 6.07) is 6.92. The van der Waals surface area contributed by atoms with Gasteiger partial charge in [-0.05, 0) is 42.3 Å². The highest BCUT2D eigenvalue weighted by atomic mass is 35.5. The zero-order chi connectivity index (χ0) is 13.4. The summed E-state index contributed by atoms with van der Waals surface area (Å²) in [5.74, 6) is 0.190. The van der Waals surface area contributed by atoms with Crippen molar-refractivity contribution in [1.29, 1.82) is 0 Å². The SMILES string of the molecule is Fc1cc(Cl)c(NC(c2cccs2)C2CC2)c(Cl)c1. The molecular formula is C14H12Cl2FNS. The van der Waals surface area contributed by atoms with Gasteiger partial charge in [0.1, 0.15) is 5.82 Å². The van der Waals surface area contributed by atoms with E-state index < -0.39 is 5.82 Å². The molecule has 1 saturated carbocycles. The van der Waals surface area contributed by atoms with Gasteiger partial charge >= 0.3 is 0 Å². The molecule has 0 amide bonds. The molecule has 0 saturated heterocycles. The number of hydrogen-bond donors (Lipinski definition) is 1. The molecule has 1 nitrogen and oxygen atoms in total. The van der Waals surface area contributed by atoms with Crippen molar-refractivity contribution >= 4 is 40.2 Å². The molecule has 1 N–H and O–H groups in total. The number of thiophene rings is 1. The summed E-state index contributed by atoms with van der Waals surface area (Å²) in [5, 5.41) is 6.10. The Balaban J connectivity index is 1.91. The Bertz CT molecular complexity index is 558. The molecule has 0 bridgehead atoms. The minimum atomic E-state index is -0.417. The van der Waals surface area contributed by atoms with Crippen molar-refractivity contribution in [3.63, 3.8) is 0 Å². The molecule has 3 rings (SSSR count). The lowest BCUT2D eigenvalue weighted by atomic mass is 10.1. The number of halogens is 3. The van der Waals surface area contributed by atoms with Crippen LogP contribution in [0.15, 0.2) is 29.6 Å². The second-order valence-corrected chi connectivity index (χ2v) is 6.51. The van der Waals surface area contributed by atoms with Crippen molar-refractivity contribution in [2.45, 2.75) is 18.9 Å². The summed E-state index contributed by atoms with van der Waals surface area (Å²) in [7, 11) is 0. The molecule has 0 spiro atoms. The summed E-state index contributed by atoms with van der Waals surface area (Å²) >= 11 is 13.9. The third-order valence-corrected chi connectivity index (χ3v) is 4.80. The van der Waals surface area contributed by atoms with E-state index in [9.17, 15) is 4.39 Å². The number of hydrogen-bond acceptors (Lipinski definition) is 2. The van der Waals surface area contributed by atoms with Gasteiger partial charge < -0.3 is 5.32 Å². The van der Waals surface area contributed by atoms with Crippen LogP contribution < -0.4 is 5.32 Å². The fourth-order valence-corrected chi connectivity index (χ4v) is 3.59. The average Bonchev–Trinajstić information content (AvgIpc) is 3.03. The van der Waals surface area contributed by atoms with Crippen LogP contribution in [0, 0.1) is 11.7 Å². The molecular weight excluding hydrogens is 304 g/mol. The fourth-order valence-electron chi connectivity index (χ4n) is 2.15. The van der Waals surface area contributed by atoms with Crippen LogP contribution in [0.3, 0.4) is 0 Å². The van der Waals surface area contributed by atoms with Crippen LogP contribution in [0.5, 0.6) is 0 Å². The largest absolute Gasteiger partial charge is 0.375 e. The number of rotatable bonds is 4. The standard InChI is InChI=1S/C14H12Cl2FNS/c15-10-6-9(17)7-11(16)14(10)18-13(8-3-4-8)12-2-1-5-19-12/h1-2,5-8,13,18H,3-4H2. The van der Waals surface area contributed by atoms with Gasteiger partial charge in [0.2, 0.25) is 0 Å². The third-order valence-electron chi connectivity index (χ3n) is 3.25. The topological polar surface area (TPSA) is 12.0 Å². The van der Waals surface area contributed by atoms with Crippen molar-refractivity contribution in [2.24, 2.45) is 5.92 Å². The predicted molar refractivity (Wildman–Crippen MR) is 79.8 cm³/mol. The van der Waals surface area contributed by atoms with Gasteiger partial charge in [0, 0.05) is 4.88 Å². The van der Waals surface area contributed by atoms with Crippen molar-refractivity contribution in [3.05, 3.63) is 50.4 Å². The summed E-state index contributed by atoms with van der Waals surface area (Å²) in [6.45, 7) is 0. The van der Waals surface area contributed by atoms with E-state index in [-0.39, 0.29) is 6.04 Å². The van der Waals surface area contributed by atoms with Crippen molar-refractivity contribution in [1.82, 2.24) is 0 Å². The second-order valence-electron chi connectivity index (χ2n) is 4.72. The lowest BCUT2D eigenvalue weighted by Gasteiger charge is -2.20. The van der Waals surface area contributed by atoms with Crippen molar-refractivity contribution in [3.8, 4) is 0 Å². The number of benzene rings is 1. The van der Waals surface area contributed by atoms with E-state index in [4.69, 9.17) is 23.2 Å². The van der Waals surface area contributed by atoms with Crippen molar-refractivity contribution in [2.75, 3.05) is 5.32 Å². The van der Waals surface area contributed by atoms with Crippen LogP contribution in [0.25, 0.3) is 0 Å². The molecule has 1 aromatic carbocycles. The first-order chi connectivity index (χ1) is 9.15. The Morgan fingerprint density at radius 2 is 1.95 bits per heavy atom. The van der Waals surface area contributed by atoms with Gasteiger partial charge in [-0.3, -0.25) is 0 Å². The molecule has 0 aliphatic heterocycles. The van der Waals surface area contributed by atoms with Crippen LogP contribution in [-0.4, -0.2) is 0 Å². The smallest absolute Gasteiger partial charge is 0.126 e. The van der Waals surface area contributed by atoms with Gasteiger partial charge in [-0.15, -0.1) is 11.3 Å². The second kappa shape index (κ2) is 5.31. The minimum Gasteiger partial charge on any atom is -0.375 e. The monoisotopic (exact) mass is 315 g/mol. The van der Waals surface area contributed by atoms with E-state index in [1.807, 2.05) is 6.07 Å². The average molecular weight is 316 g/mol. The maximum absolute atomic E-state index is 13.2. The third kappa shape index (κ3) is 2.88. The number of anilines is 1. The Kier molecular flexibility index (Phi) is 3.70. The summed E-state index contributed by atoms with van der Waals surface area (Å²) in [5.41, 5.74) is 0.620. The van der Waals surface area contributed by atoms with Gasteiger partial charge in [-0.25, -0.2) is 4.39 Å². The summed E-state index contributed by atoms with van der Waals surface area (Å²) in [6.07, 6.45) is 2.40. The lowest BCUT2D eigenvalue weighted by molar-refractivity contribution is 0.627. The molecule has 1 heterocycles. The highest BCUT2D eigenvalue weighted by Gasteiger charge is 2.33. The number of nitrogens with one attached hydrogen (secondary N) is 1. The highest BCUT2D eigenvalue weighted by Crippen LogP contribution is 2.46. The zero-order valence-electron chi connectivity index (χ0n) is 10.00.